The first-order valence-electron chi connectivity index (χ1n) is 24.8. The molecule has 8 N–H and O–H groups in total. The molecule has 3 aromatic carbocycles. The SMILES string of the molecule is CC(OC(C)(C)C)C1NC(=O)C(CCCCN(C(=O)O)C(C)(C)C)NC(=O)C(Cc2c[nH]c3ccccc23)NC(=O)C(Cc2ccccc2)NC(=O)C2(CCCC2)NC(=O)C(Cc2ccccc2)NC1=O. The Morgan fingerprint density at radius 3 is 1.76 bits per heavy atom. The smallest absolute Gasteiger partial charge is 0.407 e. The molecule has 17 nitrogen and oxygen atoms in total. The molecular weight excluding hydrogens is 905 g/mol. The molecule has 2 fully saturated rings. The number of carbonyl (C=O) groups excluding carboxylic acids is 6. The number of ether oxygens (including phenoxy) is 1. The molecule has 1 spiro atoms. The van der Waals surface area contributed by atoms with Crippen molar-refractivity contribution in [3.05, 3.63) is 108 Å². The van der Waals surface area contributed by atoms with Gasteiger partial charge in [-0.1, -0.05) is 91.7 Å². The third-order valence-corrected chi connectivity index (χ3v) is 13.2. The van der Waals surface area contributed by atoms with Gasteiger partial charge in [-0.25, -0.2) is 4.79 Å². The van der Waals surface area contributed by atoms with E-state index in [1.807, 2.05) is 84.9 Å². The number of aromatic amines is 1. The van der Waals surface area contributed by atoms with E-state index in [2.05, 4.69) is 36.9 Å². The summed E-state index contributed by atoms with van der Waals surface area (Å²) in [6.07, 6.45) is 2.09. The van der Waals surface area contributed by atoms with Crippen molar-refractivity contribution in [2.24, 2.45) is 0 Å². The second-order valence-electron chi connectivity index (χ2n) is 21.0. The van der Waals surface area contributed by atoms with E-state index in [1.165, 1.54) is 4.90 Å². The number of nitrogens with one attached hydrogen (secondary N) is 7. The molecule has 0 bridgehead atoms. The minimum atomic E-state index is -1.45. The zero-order valence-corrected chi connectivity index (χ0v) is 42.1. The summed E-state index contributed by atoms with van der Waals surface area (Å²) in [5.74, 6) is -4.06. The minimum absolute atomic E-state index is 0.0135. The summed E-state index contributed by atoms with van der Waals surface area (Å²) in [4.78, 5) is 106. The summed E-state index contributed by atoms with van der Waals surface area (Å²) < 4.78 is 6.29. The lowest BCUT2D eigenvalue weighted by Crippen LogP contribution is -2.66. The van der Waals surface area contributed by atoms with E-state index in [4.69, 9.17) is 4.74 Å². The van der Waals surface area contributed by atoms with Crippen molar-refractivity contribution in [1.29, 1.82) is 0 Å². The Hall–Kier alpha value is -6.75. The summed E-state index contributed by atoms with van der Waals surface area (Å²) >= 11 is 0. The number of carboxylic acid groups (broad SMARTS) is 1. The fourth-order valence-electron chi connectivity index (χ4n) is 9.54. The van der Waals surface area contributed by atoms with Gasteiger partial charge in [-0.05, 0) is 103 Å². The average Bonchev–Trinajstić information content (AvgIpc) is 3.96. The van der Waals surface area contributed by atoms with Crippen LogP contribution >= 0.6 is 0 Å². The zero-order valence-electron chi connectivity index (χ0n) is 42.1. The first kappa shape index (κ1) is 53.6. The Morgan fingerprint density at radius 2 is 1.18 bits per heavy atom. The molecular formula is C54H72N8O9. The van der Waals surface area contributed by atoms with Crippen LogP contribution in [0.25, 0.3) is 10.9 Å². The third-order valence-electron chi connectivity index (χ3n) is 13.2. The second-order valence-corrected chi connectivity index (χ2v) is 21.0. The van der Waals surface area contributed by atoms with E-state index in [0.29, 0.717) is 24.8 Å². The van der Waals surface area contributed by atoms with Crippen molar-refractivity contribution in [2.45, 2.75) is 166 Å². The number of carbonyl (C=O) groups is 7. The van der Waals surface area contributed by atoms with E-state index in [0.717, 1.165) is 22.0 Å². The normalized spacial score (nSPS) is 22.3. The van der Waals surface area contributed by atoms with Crippen LogP contribution in [0.1, 0.15) is 110 Å². The number of hydrogen-bond donors (Lipinski definition) is 8. The van der Waals surface area contributed by atoms with Crippen LogP contribution in [-0.2, 0) is 52.8 Å². The maximum absolute atomic E-state index is 14.9. The van der Waals surface area contributed by atoms with Gasteiger partial charge in [-0.15, -0.1) is 0 Å². The van der Waals surface area contributed by atoms with Gasteiger partial charge in [-0.2, -0.15) is 0 Å². The molecule has 17 heteroatoms. The van der Waals surface area contributed by atoms with Gasteiger partial charge in [0.2, 0.25) is 35.4 Å². The van der Waals surface area contributed by atoms with Crippen molar-refractivity contribution in [3.63, 3.8) is 0 Å². The van der Waals surface area contributed by atoms with Gasteiger partial charge >= 0.3 is 6.09 Å². The number of benzene rings is 3. The van der Waals surface area contributed by atoms with Gasteiger partial charge in [0.15, 0.2) is 0 Å². The van der Waals surface area contributed by atoms with Crippen LogP contribution < -0.4 is 31.9 Å². The highest BCUT2D eigenvalue weighted by atomic mass is 16.5. The number of fused-ring (bicyclic) bond motifs is 1. The standard InChI is InChI=1S/C54H72N8O9/c1-34(71-53(5,6)7)44-49(67)58-42(31-36-22-12-9-13-23-36)48(66)61-54(27-17-18-28-54)50(68)59-41(30-35-20-10-8-11-21-35)46(64)57-43(32-37-33-55-39-25-15-14-24-38(37)39)47(65)56-40(45(63)60-44)26-16-19-29-62(51(69)70)52(2,3)4/h8-15,20-25,33-34,40-44,55H,16-19,26-32H2,1-7H3,(H,56,65)(H,57,64)(H,58,67)(H,59,68)(H,60,63)(H,61,66)(H,69,70). The number of amides is 7. The highest BCUT2D eigenvalue weighted by molar-refractivity contribution is 6.00. The minimum Gasteiger partial charge on any atom is -0.465 e. The first-order chi connectivity index (χ1) is 33.6. The van der Waals surface area contributed by atoms with Crippen LogP contribution in [0.4, 0.5) is 4.79 Å². The molecule has 1 aliphatic carbocycles. The molecule has 2 heterocycles. The summed E-state index contributed by atoms with van der Waals surface area (Å²) in [6, 6.07) is 19.2. The van der Waals surface area contributed by atoms with Crippen LogP contribution in [0.2, 0.25) is 0 Å². The van der Waals surface area contributed by atoms with Crippen LogP contribution in [0.3, 0.4) is 0 Å². The summed E-state index contributed by atoms with van der Waals surface area (Å²) in [6.45, 7) is 12.5. The molecule has 1 aliphatic heterocycles. The van der Waals surface area contributed by atoms with Gasteiger partial charge in [0.05, 0.1) is 11.7 Å². The predicted octanol–water partition coefficient (Wildman–Crippen LogP) is 5.21. The Morgan fingerprint density at radius 1 is 0.662 bits per heavy atom. The summed E-state index contributed by atoms with van der Waals surface area (Å²) in [7, 11) is 0. The van der Waals surface area contributed by atoms with Crippen LogP contribution in [0.5, 0.6) is 0 Å². The Bertz CT molecular complexity index is 2490. The summed E-state index contributed by atoms with van der Waals surface area (Å²) in [5, 5.41) is 28.4. The maximum Gasteiger partial charge on any atom is 0.407 e. The molecule has 4 aromatic rings. The molecule has 1 saturated heterocycles. The lowest BCUT2D eigenvalue weighted by molar-refractivity contribution is -0.142. The summed E-state index contributed by atoms with van der Waals surface area (Å²) in [5.41, 5.74) is 0.00514. The molecule has 2 aliphatic rings. The van der Waals surface area contributed by atoms with Crippen molar-refractivity contribution >= 4 is 52.4 Å². The lowest BCUT2D eigenvalue weighted by atomic mass is 9.93. The Kier molecular flexibility index (Phi) is 17.7. The lowest BCUT2D eigenvalue weighted by Gasteiger charge is -2.35. The molecule has 71 heavy (non-hydrogen) atoms. The molecule has 0 radical (unpaired) electrons. The van der Waals surface area contributed by atoms with Gasteiger partial charge < -0.3 is 51.6 Å². The fraction of sp³-hybridized carbons (Fsp3) is 0.500. The fourth-order valence-corrected chi connectivity index (χ4v) is 9.54. The number of rotatable bonds is 13. The van der Waals surface area contributed by atoms with E-state index >= 15 is 0 Å². The first-order valence-corrected chi connectivity index (χ1v) is 24.8. The molecule has 6 atom stereocenters. The van der Waals surface area contributed by atoms with Crippen LogP contribution in [0, 0.1) is 0 Å². The number of unbranched alkanes of at least 4 members (excludes halogenated alkanes) is 1. The van der Waals surface area contributed by atoms with Crippen molar-refractivity contribution < 1.29 is 43.4 Å². The molecule has 1 saturated carbocycles. The number of nitrogens with zero attached hydrogens (tertiary/aromatic N) is 1. The van der Waals surface area contributed by atoms with E-state index in [-0.39, 0.29) is 51.5 Å². The highest BCUT2D eigenvalue weighted by Crippen LogP contribution is 2.31. The number of aromatic nitrogens is 1. The van der Waals surface area contributed by atoms with Crippen LogP contribution in [-0.4, -0.2) is 116 Å². The molecule has 1 aromatic heterocycles. The van der Waals surface area contributed by atoms with Crippen molar-refractivity contribution in [2.75, 3.05) is 6.54 Å². The van der Waals surface area contributed by atoms with Gasteiger partial charge in [-0.3, -0.25) is 28.8 Å². The Labute approximate surface area is 416 Å². The number of hydrogen-bond acceptors (Lipinski definition) is 8. The maximum atomic E-state index is 14.9. The largest absolute Gasteiger partial charge is 0.465 e. The van der Waals surface area contributed by atoms with Gasteiger partial charge in [0, 0.05) is 48.4 Å². The second kappa shape index (κ2) is 23.4. The topological polar surface area (TPSA) is 240 Å². The molecule has 7 amide bonds. The number of para-hydroxylation sites is 1. The zero-order chi connectivity index (χ0) is 51.5. The van der Waals surface area contributed by atoms with Crippen molar-refractivity contribution in [1.82, 2.24) is 41.8 Å². The molecule has 382 valence electrons. The number of H-pyrrole nitrogens is 1. The molecule has 6 rings (SSSR count). The Balaban J connectivity index is 1.44. The monoisotopic (exact) mass is 977 g/mol. The van der Waals surface area contributed by atoms with E-state index in [1.54, 1.807) is 54.7 Å². The third kappa shape index (κ3) is 14.7. The predicted molar refractivity (Wildman–Crippen MR) is 270 cm³/mol. The average molecular weight is 977 g/mol. The molecule has 6 unspecified atom stereocenters. The van der Waals surface area contributed by atoms with E-state index in [9.17, 15) is 38.7 Å². The van der Waals surface area contributed by atoms with Crippen molar-refractivity contribution in [3.8, 4) is 0 Å². The van der Waals surface area contributed by atoms with Crippen LogP contribution in [0.15, 0.2) is 91.1 Å². The van der Waals surface area contributed by atoms with Gasteiger partial charge in [0.1, 0.15) is 35.7 Å². The van der Waals surface area contributed by atoms with E-state index < -0.39 is 94.5 Å². The quantitative estimate of drug-likeness (QED) is 0.0819. The van der Waals surface area contributed by atoms with Gasteiger partial charge in [0.25, 0.3) is 0 Å². The highest BCUT2D eigenvalue weighted by Gasteiger charge is 2.46.